The van der Waals surface area contributed by atoms with Gasteiger partial charge in [0.15, 0.2) is 0 Å². The Hall–Kier alpha value is -4.17. The molecule has 0 atom stereocenters. The SMILES string of the molecule is Cc1cc(-c2nccc3c2ccc2c4ccccc4ccc32)cc2oc3ccccc3c12. The van der Waals surface area contributed by atoms with Crippen LogP contribution in [0, 0.1) is 6.92 Å². The zero-order chi connectivity index (χ0) is 21.2. The standard InChI is InChI=1S/C30H19NO/c1-18-16-20(17-28-29(18)26-8-4-5-9-27(26)32-28)30-25-13-12-22-21-7-3-2-6-19(21)10-11-23(22)24(25)14-15-31-30/h2-17H,1H3. The van der Waals surface area contributed by atoms with Crippen LogP contribution in [0.2, 0.25) is 0 Å². The van der Waals surface area contributed by atoms with Crippen LogP contribution in [-0.4, -0.2) is 4.98 Å². The van der Waals surface area contributed by atoms with Crippen LogP contribution in [0.4, 0.5) is 0 Å². The fourth-order valence-electron chi connectivity index (χ4n) is 5.18. The Morgan fingerprint density at radius 2 is 1.31 bits per heavy atom. The molecule has 0 spiro atoms. The summed E-state index contributed by atoms with van der Waals surface area (Å²) in [6.07, 6.45) is 1.92. The molecular weight excluding hydrogens is 390 g/mol. The Labute approximate surface area is 184 Å². The quantitative estimate of drug-likeness (QED) is 0.254. The first kappa shape index (κ1) is 17.5. The summed E-state index contributed by atoms with van der Waals surface area (Å²) in [7, 11) is 0. The van der Waals surface area contributed by atoms with Crippen molar-refractivity contribution in [2.24, 2.45) is 0 Å². The van der Waals surface area contributed by atoms with Crippen molar-refractivity contribution in [3.8, 4) is 11.3 Å². The first-order chi connectivity index (χ1) is 15.8. The summed E-state index contributed by atoms with van der Waals surface area (Å²) < 4.78 is 6.20. The van der Waals surface area contributed by atoms with Gasteiger partial charge in [0.1, 0.15) is 11.2 Å². The van der Waals surface area contributed by atoms with Gasteiger partial charge in [0.2, 0.25) is 0 Å². The van der Waals surface area contributed by atoms with Crippen LogP contribution in [0.15, 0.2) is 102 Å². The molecule has 0 aliphatic heterocycles. The molecule has 5 aromatic carbocycles. The van der Waals surface area contributed by atoms with Crippen LogP contribution in [0.5, 0.6) is 0 Å². The van der Waals surface area contributed by atoms with Gasteiger partial charge in [-0.3, -0.25) is 4.98 Å². The van der Waals surface area contributed by atoms with Gasteiger partial charge in [0.25, 0.3) is 0 Å². The molecule has 2 aromatic heterocycles. The number of furan rings is 1. The Bertz CT molecular complexity index is 1840. The molecule has 0 aliphatic rings. The van der Waals surface area contributed by atoms with Crippen molar-refractivity contribution in [3.05, 3.63) is 103 Å². The lowest BCUT2D eigenvalue weighted by atomic mass is 9.94. The van der Waals surface area contributed by atoms with Gasteiger partial charge in [0, 0.05) is 27.9 Å². The number of nitrogens with zero attached hydrogens (tertiary/aromatic N) is 1. The second kappa shape index (κ2) is 6.41. The normalized spacial score (nSPS) is 11.9. The number of fused-ring (bicyclic) bond motifs is 8. The van der Waals surface area contributed by atoms with E-state index in [-0.39, 0.29) is 0 Å². The molecule has 0 fully saturated rings. The minimum Gasteiger partial charge on any atom is -0.456 e. The van der Waals surface area contributed by atoms with Gasteiger partial charge in [-0.2, -0.15) is 0 Å². The average molecular weight is 409 g/mol. The van der Waals surface area contributed by atoms with Gasteiger partial charge in [-0.05, 0) is 63.7 Å². The van der Waals surface area contributed by atoms with Crippen LogP contribution >= 0.6 is 0 Å². The number of hydrogen-bond donors (Lipinski definition) is 0. The van der Waals surface area contributed by atoms with E-state index in [1.807, 2.05) is 18.3 Å². The Morgan fingerprint density at radius 1 is 0.594 bits per heavy atom. The lowest BCUT2D eigenvalue weighted by molar-refractivity contribution is 0.669. The fraction of sp³-hybridized carbons (Fsp3) is 0.0333. The van der Waals surface area contributed by atoms with E-state index in [4.69, 9.17) is 9.40 Å². The number of pyridine rings is 1. The third kappa shape index (κ3) is 2.38. The average Bonchev–Trinajstić information content (AvgIpc) is 3.22. The molecule has 0 unspecified atom stereocenters. The summed E-state index contributed by atoms with van der Waals surface area (Å²) in [5.41, 5.74) is 5.11. The monoisotopic (exact) mass is 409 g/mol. The molecular formula is C30H19NO. The van der Waals surface area contributed by atoms with Gasteiger partial charge in [0.05, 0.1) is 5.69 Å². The molecule has 150 valence electrons. The highest BCUT2D eigenvalue weighted by Crippen LogP contribution is 2.38. The van der Waals surface area contributed by atoms with Gasteiger partial charge < -0.3 is 4.42 Å². The lowest BCUT2D eigenvalue weighted by Crippen LogP contribution is -1.89. The Morgan fingerprint density at radius 3 is 2.25 bits per heavy atom. The van der Waals surface area contributed by atoms with Crippen molar-refractivity contribution in [3.63, 3.8) is 0 Å². The van der Waals surface area contributed by atoms with Gasteiger partial charge in [-0.25, -0.2) is 0 Å². The first-order valence-electron chi connectivity index (χ1n) is 10.9. The zero-order valence-electron chi connectivity index (χ0n) is 17.6. The van der Waals surface area contributed by atoms with Crippen LogP contribution in [0.3, 0.4) is 0 Å². The molecule has 0 amide bonds. The van der Waals surface area contributed by atoms with Gasteiger partial charge >= 0.3 is 0 Å². The van der Waals surface area contributed by atoms with E-state index < -0.39 is 0 Å². The largest absolute Gasteiger partial charge is 0.456 e. The Balaban J connectivity index is 1.53. The van der Waals surface area contributed by atoms with E-state index in [9.17, 15) is 0 Å². The Kier molecular flexibility index (Phi) is 3.51. The van der Waals surface area contributed by atoms with Gasteiger partial charge in [-0.15, -0.1) is 0 Å². The maximum atomic E-state index is 6.20. The highest BCUT2D eigenvalue weighted by atomic mass is 16.3. The van der Waals surface area contributed by atoms with Crippen molar-refractivity contribution in [2.45, 2.75) is 6.92 Å². The van der Waals surface area contributed by atoms with Crippen LogP contribution in [0.1, 0.15) is 5.56 Å². The number of rotatable bonds is 1. The van der Waals surface area contributed by atoms with E-state index >= 15 is 0 Å². The number of aryl methyl sites for hydroxylation is 1. The molecule has 0 saturated carbocycles. The number of benzene rings is 5. The molecule has 0 N–H and O–H groups in total. The van der Waals surface area contributed by atoms with Crippen LogP contribution in [-0.2, 0) is 0 Å². The third-order valence-electron chi connectivity index (χ3n) is 6.62. The smallest absolute Gasteiger partial charge is 0.136 e. The maximum absolute atomic E-state index is 6.20. The van der Waals surface area contributed by atoms with Crippen LogP contribution in [0.25, 0.3) is 65.5 Å². The number of aromatic nitrogens is 1. The molecule has 2 heteroatoms. The van der Waals surface area contributed by atoms with Crippen molar-refractivity contribution >= 4 is 54.3 Å². The highest BCUT2D eigenvalue weighted by molar-refractivity contribution is 6.19. The van der Waals surface area contributed by atoms with Gasteiger partial charge in [-0.1, -0.05) is 66.7 Å². The molecule has 0 aliphatic carbocycles. The molecule has 7 rings (SSSR count). The molecule has 0 bridgehead atoms. The van der Waals surface area contributed by atoms with Crippen molar-refractivity contribution in [1.82, 2.24) is 4.98 Å². The number of para-hydroxylation sites is 1. The molecule has 0 saturated heterocycles. The summed E-state index contributed by atoms with van der Waals surface area (Å²) in [6.45, 7) is 2.15. The summed E-state index contributed by atoms with van der Waals surface area (Å²) in [5, 5.41) is 9.80. The summed E-state index contributed by atoms with van der Waals surface area (Å²) >= 11 is 0. The number of hydrogen-bond acceptors (Lipinski definition) is 2. The lowest BCUT2D eigenvalue weighted by Gasteiger charge is -2.11. The van der Waals surface area contributed by atoms with E-state index in [1.165, 1.54) is 37.9 Å². The minimum absolute atomic E-state index is 0.909. The third-order valence-corrected chi connectivity index (χ3v) is 6.62. The highest BCUT2D eigenvalue weighted by Gasteiger charge is 2.14. The summed E-state index contributed by atoms with van der Waals surface area (Å²) in [5.74, 6) is 0. The molecule has 7 aromatic rings. The van der Waals surface area contributed by atoms with Crippen molar-refractivity contribution in [1.29, 1.82) is 0 Å². The van der Waals surface area contributed by atoms with E-state index in [2.05, 4.69) is 85.8 Å². The summed E-state index contributed by atoms with van der Waals surface area (Å²) in [6, 6.07) is 32.2. The predicted octanol–water partition coefficient (Wildman–Crippen LogP) is 8.42. The van der Waals surface area contributed by atoms with E-state index in [0.717, 1.165) is 33.2 Å². The first-order valence-corrected chi connectivity index (χ1v) is 10.9. The minimum atomic E-state index is 0.909. The molecule has 2 heterocycles. The van der Waals surface area contributed by atoms with Crippen LogP contribution < -0.4 is 0 Å². The predicted molar refractivity (Wildman–Crippen MR) is 134 cm³/mol. The van der Waals surface area contributed by atoms with E-state index in [1.54, 1.807) is 0 Å². The molecule has 0 radical (unpaired) electrons. The topological polar surface area (TPSA) is 26.0 Å². The maximum Gasteiger partial charge on any atom is 0.136 e. The summed E-state index contributed by atoms with van der Waals surface area (Å²) in [4.78, 5) is 4.81. The van der Waals surface area contributed by atoms with Crippen molar-refractivity contribution in [2.75, 3.05) is 0 Å². The van der Waals surface area contributed by atoms with E-state index in [0.29, 0.717) is 0 Å². The fourth-order valence-corrected chi connectivity index (χ4v) is 5.18. The van der Waals surface area contributed by atoms with Crippen molar-refractivity contribution < 1.29 is 4.42 Å². The molecule has 2 nitrogen and oxygen atoms in total. The second-order valence-corrected chi connectivity index (χ2v) is 8.47. The second-order valence-electron chi connectivity index (χ2n) is 8.47. The zero-order valence-corrected chi connectivity index (χ0v) is 17.6. The molecule has 32 heavy (non-hydrogen) atoms.